The van der Waals surface area contributed by atoms with Gasteiger partial charge in [0, 0.05) is 34.2 Å². The van der Waals surface area contributed by atoms with Crippen LogP contribution in [0.5, 0.6) is 0 Å². The third kappa shape index (κ3) is 5.20. The van der Waals surface area contributed by atoms with Gasteiger partial charge in [-0.25, -0.2) is 0 Å². The van der Waals surface area contributed by atoms with Gasteiger partial charge in [0.1, 0.15) is 0 Å². The Morgan fingerprint density at radius 1 is 1.41 bits per heavy atom. The zero-order valence-corrected chi connectivity index (χ0v) is 11.0. The highest BCUT2D eigenvalue weighted by Gasteiger charge is 2.17. The van der Waals surface area contributed by atoms with Crippen LogP contribution in [0, 0.1) is 11.8 Å². The molecular weight excluding hydrogens is 216 g/mol. The van der Waals surface area contributed by atoms with Gasteiger partial charge < -0.3 is 9.64 Å². The molecule has 1 aliphatic rings. The highest BCUT2D eigenvalue weighted by molar-refractivity contribution is 5.73. The smallest absolute Gasteiger partial charge is 0.219 e. The van der Waals surface area contributed by atoms with Crippen molar-refractivity contribution in [3.8, 4) is 11.8 Å². The highest BCUT2D eigenvalue weighted by Crippen LogP contribution is 2.11. The van der Waals surface area contributed by atoms with E-state index in [1.807, 2.05) is 0 Å². The molecule has 1 aliphatic heterocycles. The Labute approximate surface area is 104 Å². The summed E-state index contributed by atoms with van der Waals surface area (Å²) in [5.41, 5.74) is 0. The van der Waals surface area contributed by atoms with Gasteiger partial charge >= 0.3 is 0 Å². The third-order valence-corrected chi connectivity index (χ3v) is 3.15. The van der Waals surface area contributed by atoms with Crippen molar-refractivity contribution in [2.24, 2.45) is 0 Å². The monoisotopic (exact) mass is 238 g/mol. The summed E-state index contributed by atoms with van der Waals surface area (Å²) in [6, 6.07) is 0. The number of hydrogen-bond donors (Lipinski definition) is 0. The van der Waals surface area contributed by atoms with E-state index in [0.29, 0.717) is 12.6 Å². The number of methoxy groups -OCH3 is 1. The molecule has 0 N–H and O–H groups in total. The number of hydrogen-bond acceptors (Lipinski definition) is 3. The number of amides is 1. The Bertz CT molecular complexity index is 298. The fraction of sp³-hybridized carbons (Fsp3) is 0.769. The van der Waals surface area contributed by atoms with Crippen molar-refractivity contribution in [1.29, 1.82) is 0 Å². The van der Waals surface area contributed by atoms with Crippen molar-refractivity contribution in [3.05, 3.63) is 0 Å². The standard InChI is InChI=1S/C13H22N2O2/c1-12(16)14(2)8-4-5-9-15-10-6-13(17-3)7-11-15/h13H,6-11H2,1-3H3. The molecule has 1 rings (SSSR count). The average molecular weight is 238 g/mol. The molecule has 1 fully saturated rings. The Morgan fingerprint density at radius 3 is 2.59 bits per heavy atom. The van der Waals surface area contributed by atoms with E-state index in [9.17, 15) is 4.79 Å². The van der Waals surface area contributed by atoms with Gasteiger partial charge in [-0.05, 0) is 12.8 Å². The van der Waals surface area contributed by atoms with E-state index in [-0.39, 0.29) is 5.91 Å². The van der Waals surface area contributed by atoms with Crippen LogP contribution in [0.15, 0.2) is 0 Å². The van der Waals surface area contributed by atoms with Crippen molar-refractivity contribution in [2.75, 3.05) is 40.3 Å². The Morgan fingerprint density at radius 2 is 2.06 bits per heavy atom. The van der Waals surface area contributed by atoms with Crippen molar-refractivity contribution < 1.29 is 9.53 Å². The lowest BCUT2D eigenvalue weighted by Crippen LogP contribution is -2.36. The van der Waals surface area contributed by atoms with Gasteiger partial charge in [-0.3, -0.25) is 9.69 Å². The minimum absolute atomic E-state index is 0.0557. The van der Waals surface area contributed by atoms with Crippen LogP contribution < -0.4 is 0 Å². The van der Waals surface area contributed by atoms with Crippen molar-refractivity contribution in [2.45, 2.75) is 25.9 Å². The lowest BCUT2D eigenvalue weighted by Gasteiger charge is -2.29. The molecule has 4 heteroatoms. The molecule has 0 spiro atoms. The van der Waals surface area contributed by atoms with Crippen LogP contribution in [-0.4, -0.2) is 62.1 Å². The van der Waals surface area contributed by atoms with E-state index in [1.54, 1.807) is 26.0 Å². The second kappa shape index (κ2) is 7.31. The number of nitrogens with zero attached hydrogens (tertiary/aromatic N) is 2. The Balaban J connectivity index is 2.19. The van der Waals surface area contributed by atoms with E-state index in [4.69, 9.17) is 4.74 Å². The molecule has 0 aromatic heterocycles. The third-order valence-electron chi connectivity index (χ3n) is 3.15. The molecule has 0 aromatic carbocycles. The van der Waals surface area contributed by atoms with E-state index in [2.05, 4.69) is 16.7 Å². The van der Waals surface area contributed by atoms with Gasteiger partial charge in [0.2, 0.25) is 5.91 Å². The fourth-order valence-electron chi connectivity index (χ4n) is 1.76. The first-order valence-corrected chi connectivity index (χ1v) is 6.06. The number of carbonyl (C=O) groups is 1. The first-order valence-electron chi connectivity index (χ1n) is 6.06. The van der Waals surface area contributed by atoms with Crippen LogP contribution in [-0.2, 0) is 9.53 Å². The van der Waals surface area contributed by atoms with E-state index in [0.717, 1.165) is 32.5 Å². The fourth-order valence-corrected chi connectivity index (χ4v) is 1.76. The molecule has 0 unspecified atom stereocenters. The summed E-state index contributed by atoms with van der Waals surface area (Å²) in [7, 11) is 3.54. The molecule has 0 aliphatic carbocycles. The van der Waals surface area contributed by atoms with E-state index >= 15 is 0 Å². The minimum atomic E-state index is 0.0557. The van der Waals surface area contributed by atoms with Crippen LogP contribution in [0.3, 0.4) is 0 Å². The summed E-state index contributed by atoms with van der Waals surface area (Å²) in [4.78, 5) is 14.9. The molecule has 96 valence electrons. The summed E-state index contributed by atoms with van der Waals surface area (Å²) in [5, 5.41) is 0. The maximum absolute atomic E-state index is 10.9. The zero-order chi connectivity index (χ0) is 12.7. The molecule has 1 heterocycles. The molecule has 0 aromatic rings. The lowest BCUT2D eigenvalue weighted by atomic mass is 10.1. The molecule has 1 amide bonds. The van der Waals surface area contributed by atoms with Crippen LogP contribution >= 0.6 is 0 Å². The largest absolute Gasteiger partial charge is 0.381 e. The topological polar surface area (TPSA) is 32.8 Å². The summed E-state index contributed by atoms with van der Waals surface area (Å²) < 4.78 is 5.32. The molecule has 0 saturated carbocycles. The van der Waals surface area contributed by atoms with Crippen LogP contribution in [0.4, 0.5) is 0 Å². The summed E-state index contributed by atoms with van der Waals surface area (Å²) in [5.74, 6) is 6.19. The quantitative estimate of drug-likeness (QED) is 0.674. The SMILES string of the molecule is COC1CCN(CC#CCN(C)C(C)=O)CC1. The number of ether oxygens (including phenoxy) is 1. The number of likely N-dealkylation sites (tertiary alicyclic amines) is 1. The molecule has 0 radical (unpaired) electrons. The van der Waals surface area contributed by atoms with Gasteiger partial charge in [0.25, 0.3) is 0 Å². The van der Waals surface area contributed by atoms with E-state index in [1.165, 1.54) is 0 Å². The van der Waals surface area contributed by atoms with Gasteiger partial charge in [-0.2, -0.15) is 0 Å². The molecule has 1 saturated heterocycles. The summed E-state index contributed by atoms with van der Waals surface area (Å²) in [6.07, 6.45) is 2.60. The first kappa shape index (κ1) is 14.0. The Kier molecular flexibility index (Phi) is 6.03. The first-order chi connectivity index (χ1) is 8.13. The Hall–Kier alpha value is -1.05. The van der Waals surface area contributed by atoms with Gasteiger partial charge in [-0.1, -0.05) is 11.8 Å². The number of carbonyl (C=O) groups excluding carboxylic acids is 1. The second-order valence-electron chi connectivity index (χ2n) is 4.44. The predicted octanol–water partition coefficient (Wildman–Crippen LogP) is 0.579. The van der Waals surface area contributed by atoms with Crippen molar-refractivity contribution >= 4 is 5.91 Å². The van der Waals surface area contributed by atoms with Crippen LogP contribution in [0.25, 0.3) is 0 Å². The highest BCUT2D eigenvalue weighted by atomic mass is 16.5. The normalized spacial score (nSPS) is 17.4. The van der Waals surface area contributed by atoms with Crippen LogP contribution in [0.2, 0.25) is 0 Å². The zero-order valence-electron chi connectivity index (χ0n) is 11.0. The maximum Gasteiger partial charge on any atom is 0.219 e. The molecular formula is C13H22N2O2. The summed E-state index contributed by atoms with van der Waals surface area (Å²) >= 11 is 0. The number of piperidine rings is 1. The molecule has 0 atom stereocenters. The predicted molar refractivity (Wildman–Crippen MR) is 67.6 cm³/mol. The number of rotatable bonds is 3. The maximum atomic E-state index is 10.9. The van der Waals surface area contributed by atoms with Gasteiger partial charge in [0.15, 0.2) is 0 Å². The lowest BCUT2D eigenvalue weighted by molar-refractivity contribution is -0.126. The average Bonchev–Trinajstić information content (AvgIpc) is 2.35. The molecule has 17 heavy (non-hydrogen) atoms. The van der Waals surface area contributed by atoms with Gasteiger partial charge in [-0.15, -0.1) is 0 Å². The van der Waals surface area contributed by atoms with Crippen molar-refractivity contribution in [1.82, 2.24) is 9.80 Å². The second-order valence-corrected chi connectivity index (χ2v) is 4.44. The molecule has 0 bridgehead atoms. The molecule has 4 nitrogen and oxygen atoms in total. The van der Waals surface area contributed by atoms with Crippen LogP contribution in [0.1, 0.15) is 19.8 Å². The van der Waals surface area contributed by atoms with E-state index < -0.39 is 0 Å². The van der Waals surface area contributed by atoms with Crippen molar-refractivity contribution in [3.63, 3.8) is 0 Å². The summed E-state index contributed by atoms with van der Waals surface area (Å²) in [6.45, 7) is 4.97. The van der Waals surface area contributed by atoms with Gasteiger partial charge in [0.05, 0.1) is 19.2 Å². The minimum Gasteiger partial charge on any atom is -0.381 e.